The Labute approximate surface area is 158 Å². The molecular weight excluding hydrogens is 360 g/mol. The second-order valence-electron chi connectivity index (χ2n) is 5.87. The standard InChI is InChI=1S/C21H14N2O3S/c24-20(23-17-7-2-1-5-16(17)21(25)26)19-9-8-18(27-19)15-6-3-4-13-12-22-11-10-14(13)15/h1-12H,(H,23,24)(H,25,26). The number of aromatic nitrogens is 1. The van der Waals surface area contributed by atoms with E-state index in [2.05, 4.69) is 10.3 Å². The summed E-state index contributed by atoms with van der Waals surface area (Å²) in [5.74, 6) is -1.41. The third kappa shape index (κ3) is 3.30. The minimum Gasteiger partial charge on any atom is -0.478 e. The summed E-state index contributed by atoms with van der Waals surface area (Å²) in [4.78, 5) is 29.5. The van der Waals surface area contributed by atoms with Gasteiger partial charge in [-0.25, -0.2) is 4.79 Å². The summed E-state index contributed by atoms with van der Waals surface area (Å²) < 4.78 is 0. The van der Waals surface area contributed by atoms with E-state index in [1.54, 1.807) is 30.5 Å². The molecule has 4 rings (SSSR count). The number of amides is 1. The fourth-order valence-electron chi connectivity index (χ4n) is 2.90. The summed E-state index contributed by atoms with van der Waals surface area (Å²) in [6.45, 7) is 0. The van der Waals surface area contributed by atoms with Gasteiger partial charge in [0.1, 0.15) is 0 Å². The molecule has 2 aromatic heterocycles. The Morgan fingerprint density at radius 3 is 2.67 bits per heavy atom. The number of nitrogens with zero attached hydrogens (tertiary/aromatic N) is 1. The molecule has 0 aliphatic rings. The summed E-state index contributed by atoms with van der Waals surface area (Å²) in [6, 6.07) is 17.9. The number of hydrogen-bond donors (Lipinski definition) is 2. The van der Waals surface area contributed by atoms with Crippen LogP contribution in [0.5, 0.6) is 0 Å². The number of carbonyl (C=O) groups is 2. The average molecular weight is 374 g/mol. The Balaban J connectivity index is 1.65. The Hall–Kier alpha value is -3.51. The number of fused-ring (bicyclic) bond motifs is 1. The van der Waals surface area contributed by atoms with Crippen LogP contribution in [-0.2, 0) is 0 Å². The minimum absolute atomic E-state index is 0.0594. The summed E-state index contributed by atoms with van der Waals surface area (Å²) in [7, 11) is 0. The van der Waals surface area contributed by atoms with Crippen LogP contribution in [0.4, 0.5) is 5.69 Å². The van der Waals surface area contributed by atoms with Crippen LogP contribution in [0.15, 0.2) is 73.1 Å². The van der Waals surface area contributed by atoms with Crippen LogP contribution in [0, 0.1) is 0 Å². The maximum absolute atomic E-state index is 12.6. The third-order valence-corrected chi connectivity index (χ3v) is 5.30. The van der Waals surface area contributed by atoms with Crippen LogP contribution in [0.1, 0.15) is 20.0 Å². The van der Waals surface area contributed by atoms with Crippen molar-refractivity contribution in [3.8, 4) is 10.4 Å². The highest BCUT2D eigenvalue weighted by atomic mass is 32.1. The van der Waals surface area contributed by atoms with E-state index in [0.717, 1.165) is 21.2 Å². The number of pyridine rings is 1. The maximum atomic E-state index is 12.6. The van der Waals surface area contributed by atoms with Gasteiger partial charge in [-0.05, 0) is 41.3 Å². The summed E-state index contributed by atoms with van der Waals surface area (Å²) in [6.07, 6.45) is 3.55. The van der Waals surface area contributed by atoms with E-state index in [0.29, 0.717) is 4.88 Å². The first-order valence-electron chi connectivity index (χ1n) is 8.20. The van der Waals surface area contributed by atoms with Crippen molar-refractivity contribution >= 4 is 39.7 Å². The summed E-state index contributed by atoms with van der Waals surface area (Å²) >= 11 is 1.36. The number of anilines is 1. The first-order valence-corrected chi connectivity index (χ1v) is 9.02. The number of carbonyl (C=O) groups excluding carboxylic acids is 1. The molecule has 0 atom stereocenters. The van der Waals surface area contributed by atoms with E-state index in [4.69, 9.17) is 0 Å². The van der Waals surface area contributed by atoms with Gasteiger partial charge >= 0.3 is 5.97 Å². The largest absolute Gasteiger partial charge is 0.478 e. The maximum Gasteiger partial charge on any atom is 0.337 e. The average Bonchev–Trinajstić information content (AvgIpc) is 3.18. The number of aromatic carboxylic acids is 1. The molecule has 6 heteroatoms. The van der Waals surface area contributed by atoms with E-state index >= 15 is 0 Å². The number of carboxylic acids is 1. The van der Waals surface area contributed by atoms with Crippen LogP contribution in [0.3, 0.4) is 0 Å². The molecule has 0 saturated carbocycles. The highest BCUT2D eigenvalue weighted by Crippen LogP contribution is 2.33. The van der Waals surface area contributed by atoms with Crippen molar-refractivity contribution < 1.29 is 14.7 Å². The lowest BCUT2D eigenvalue weighted by atomic mass is 10.1. The van der Waals surface area contributed by atoms with E-state index < -0.39 is 5.97 Å². The summed E-state index contributed by atoms with van der Waals surface area (Å²) in [5, 5.41) is 14.0. The molecule has 4 aromatic rings. The number of nitrogens with one attached hydrogen (secondary N) is 1. The van der Waals surface area contributed by atoms with Crippen LogP contribution in [0.2, 0.25) is 0 Å². The van der Waals surface area contributed by atoms with Gasteiger partial charge in [0.15, 0.2) is 0 Å². The van der Waals surface area contributed by atoms with Gasteiger partial charge in [-0.1, -0.05) is 30.3 Å². The van der Waals surface area contributed by atoms with Crippen LogP contribution in [0.25, 0.3) is 21.2 Å². The molecule has 0 aliphatic heterocycles. The minimum atomic E-state index is -1.08. The van der Waals surface area contributed by atoms with E-state index in [1.165, 1.54) is 17.4 Å². The second-order valence-corrected chi connectivity index (χ2v) is 6.95. The van der Waals surface area contributed by atoms with Crippen molar-refractivity contribution in [3.05, 3.63) is 83.5 Å². The van der Waals surface area contributed by atoms with E-state index in [1.807, 2.05) is 36.5 Å². The van der Waals surface area contributed by atoms with Gasteiger partial charge in [-0.2, -0.15) is 0 Å². The third-order valence-electron chi connectivity index (χ3n) is 4.18. The van der Waals surface area contributed by atoms with Gasteiger partial charge in [0, 0.05) is 22.7 Å². The molecule has 0 radical (unpaired) electrons. The molecule has 132 valence electrons. The zero-order valence-corrected chi connectivity index (χ0v) is 14.9. The van der Waals surface area contributed by atoms with Gasteiger partial charge in [0.25, 0.3) is 5.91 Å². The molecule has 0 aliphatic carbocycles. The lowest BCUT2D eigenvalue weighted by Gasteiger charge is -2.07. The van der Waals surface area contributed by atoms with Crippen molar-refractivity contribution in [1.82, 2.24) is 4.98 Å². The van der Waals surface area contributed by atoms with Gasteiger partial charge in [0.2, 0.25) is 0 Å². The normalized spacial score (nSPS) is 10.7. The Bertz CT molecular complexity index is 1160. The fourth-order valence-corrected chi connectivity index (χ4v) is 3.85. The number of carboxylic acid groups (broad SMARTS) is 1. The molecular formula is C21H14N2O3S. The zero-order chi connectivity index (χ0) is 18.8. The van der Waals surface area contributed by atoms with Gasteiger partial charge < -0.3 is 10.4 Å². The number of hydrogen-bond acceptors (Lipinski definition) is 4. The first-order chi connectivity index (χ1) is 13.1. The second kappa shape index (κ2) is 7.01. The topological polar surface area (TPSA) is 79.3 Å². The summed E-state index contributed by atoms with van der Waals surface area (Å²) in [5.41, 5.74) is 1.37. The highest BCUT2D eigenvalue weighted by Gasteiger charge is 2.15. The fraction of sp³-hybridized carbons (Fsp3) is 0. The Morgan fingerprint density at radius 1 is 0.963 bits per heavy atom. The molecule has 0 fully saturated rings. The lowest BCUT2D eigenvalue weighted by molar-refractivity contribution is 0.0698. The molecule has 0 spiro atoms. The van der Waals surface area contributed by atoms with E-state index in [-0.39, 0.29) is 17.2 Å². The molecule has 1 amide bonds. The lowest BCUT2D eigenvalue weighted by Crippen LogP contribution is -2.13. The van der Waals surface area contributed by atoms with Gasteiger partial charge in [0.05, 0.1) is 16.1 Å². The molecule has 0 bridgehead atoms. The van der Waals surface area contributed by atoms with Crippen LogP contribution < -0.4 is 5.32 Å². The number of rotatable bonds is 4. The molecule has 0 unspecified atom stereocenters. The Morgan fingerprint density at radius 2 is 1.81 bits per heavy atom. The zero-order valence-electron chi connectivity index (χ0n) is 14.0. The van der Waals surface area contributed by atoms with E-state index in [9.17, 15) is 14.7 Å². The smallest absolute Gasteiger partial charge is 0.337 e. The number of benzene rings is 2. The number of thiophene rings is 1. The van der Waals surface area contributed by atoms with Crippen molar-refractivity contribution in [2.45, 2.75) is 0 Å². The predicted molar refractivity (Wildman–Crippen MR) is 106 cm³/mol. The van der Waals surface area contributed by atoms with Crippen molar-refractivity contribution in [2.75, 3.05) is 5.32 Å². The quantitative estimate of drug-likeness (QED) is 0.532. The molecule has 2 N–H and O–H groups in total. The predicted octanol–water partition coefficient (Wildman–Crippen LogP) is 4.91. The highest BCUT2D eigenvalue weighted by molar-refractivity contribution is 7.17. The number of para-hydroxylation sites is 1. The van der Waals surface area contributed by atoms with Crippen LogP contribution in [-0.4, -0.2) is 22.0 Å². The van der Waals surface area contributed by atoms with Crippen molar-refractivity contribution in [1.29, 1.82) is 0 Å². The first kappa shape index (κ1) is 16.9. The molecule has 27 heavy (non-hydrogen) atoms. The van der Waals surface area contributed by atoms with Crippen molar-refractivity contribution in [2.24, 2.45) is 0 Å². The molecule has 0 saturated heterocycles. The molecule has 5 nitrogen and oxygen atoms in total. The molecule has 2 aromatic carbocycles. The van der Waals surface area contributed by atoms with Gasteiger partial charge in [-0.15, -0.1) is 11.3 Å². The Kier molecular flexibility index (Phi) is 4.40. The monoisotopic (exact) mass is 374 g/mol. The van der Waals surface area contributed by atoms with Crippen LogP contribution >= 0.6 is 11.3 Å². The van der Waals surface area contributed by atoms with Crippen molar-refractivity contribution in [3.63, 3.8) is 0 Å². The molecule has 2 heterocycles. The van der Waals surface area contributed by atoms with Gasteiger partial charge in [-0.3, -0.25) is 9.78 Å². The SMILES string of the molecule is O=C(Nc1ccccc1C(=O)O)c1ccc(-c2cccc3cnccc23)s1.